The molecule has 0 amide bonds. The second kappa shape index (κ2) is 6.72. The van der Waals surface area contributed by atoms with Crippen LogP contribution in [-0.2, 0) is 6.42 Å². The first-order valence-corrected chi connectivity index (χ1v) is 6.16. The van der Waals surface area contributed by atoms with Gasteiger partial charge in [0.05, 0.1) is 0 Å². The van der Waals surface area contributed by atoms with E-state index >= 15 is 0 Å². The maximum Gasteiger partial charge on any atom is 0.00693 e. The molecule has 0 atom stereocenters. The van der Waals surface area contributed by atoms with Crippen LogP contribution in [0.1, 0.15) is 18.4 Å². The van der Waals surface area contributed by atoms with E-state index in [1.807, 2.05) is 0 Å². The van der Waals surface area contributed by atoms with Gasteiger partial charge in [0.2, 0.25) is 0 Å². The van der Waals surface area contributed by atoms with Gasteiger partial charge in [0, 0.05) is 4.90 Å². The first kappa shape index (κ1) is 11.4. The molecule has 75 valence electrons. The van der Waals surface area contributed by atoms with Crippen molar-refractivity contribution in [3.05, 3.63) is 48.9 Å². The molecule has 0 aromatic heterocycles. The summed E-state index contributed by atoms with van der Waals surface area (Å²) in [5, 5.41) is 0. The molecule has 1 aromatic carbocycles. The molecule has 0 aliphatic carbocycles. The van der Waals surface area contributed by atoms with Crippen molar-refractivity contribution in [1.82, 2.24) is 0 Å². The fourth-order valence-electron chi connectivity index (χ4n) is 1.28. The molecule has 1 radical (unpaired) electrons. The van der Waals surface area contributed by atoms with Gasteiger partial charge in [0.1, 0.15) is 0 Å². The van der Waals surface area contributed by atoms with Gasteiger partial charge in [-0.15, -0.1) is 11.8 Å². The Morgan fingerprint density at radius 1 is 1.21 bits per heavy atom. The Kier molecular flexibility index (Phi) is 5.46. The molecular formula is C13H17S. The molecule has 0 aliphatic rings. The van der Waals surface area contributed by atoms with Gasteiger partial charge >= 0.3 is 0 Å². The van der Waals surface area contributed by atoms with Crippen LogP contribution in [0, 0.1) is 6.92 Å². The number of hydrogen-bond acceptors (Lipinski definition) is 1. The predicted octanol–water partition coefficient (Wildman–Crippen LogP) is 4.12. The van der Waals surface area contributed by atoms with E-state index in [9.17, 15) is 0 Å². The number of hydrogen-bond donors (Lipinski definition) is 0. The monoisotopic (exact) mass is 205 g/mol. The molecule has 0 spiro atoms. The van der Waals surface area contributed by atoms with Crippen molar-refractivity contribution in [3.63, 3.8) is 0 Å². The third-order valence-electron chi connectivity index (χ3n) is 2.09. The van der Waals surface area contributed by atoms with E-state index in [0.717, 1.165) is 19.3 Å². The second-order valence-electron chi connectivity index (χ2n) is 3.15. The fourth-order valence-corrected chi connectivity index (χ4v) is 1.69. The van der Waals surface area contributed by atoms with Gasteiger partial charge in [-0.05, 0) is 50.1 Å². The molecule has 0 saturated carbocycles. The molecule has 14 heavy (non-hydrogen) atoms. The normalized spacial score (nSPS) is 11.0. The summed E-state index contributed by atoms with van der Waals surface area (Å²) in [6.45, 7) is 3.76. The van der Waals surface area contributed by atoms with Gasteiger partial charge in [-0.1, -0.05) is 24.3 Å². The van der Waals surface area contributed by atoms with Crippen LogP contribution in [-0.4, -0.2) is 6.26 Å². The standard InChI is InChI=1S/C13H17S/c1-3-4-5-6-7-12-8-10-13(14-2)11-9-12/h4-5,8-11H,1,3,6-7H2,2H3. The quantitative estimate of drug-likeness (QED) is 0.514. The topological polar surface area (TPSA) is 0 Å². The van der Waals surface area contributed by atoms with Gasteiger partial charge < -0.3 is 0 Å². The molecular weight excluding hydrogens is 188 g/mol. The number of thioether (sulfide) groups is 1. The summed E-state index contributed by atoms with van der Waals surface area (Å²) in [5.74, 6) is 0. The van der Waals surface area contributed by atoms with Crippen LogP contribution in [0.4, 0.5) is 0 Å². The zero-order valence-electron chi connectivity index (χ0n) is 8.70. The van der Waals surface area contributed by atoms with E-state index in [-0.39, 0.29) is 0 Å². The van der Waals surface area contributed by atoms with Crippen molar-refractivity contribution < 1.29 is 0 Å². The summed E-state index contributed by atoms with van der Waals surface area (Å²) in [5.41, 5.74) is 1.41. The zero-order chi connectivity index (χ0) is 10.2. The molecule has 0 saturated heterocycles. The van der Waals surface area contributed by atoms with Gasteiger partial charge in [0.25, 0.3) is 0 Å². The van der Waals surface area contributed by atoms with Crippen molar-refractivity contribution in [3.8, 4) is 0 Å². The maximum atomic E-state index is 3.76. The highest BCUT2D eigenvalue weighted by Crippen LogP contribution is 2.15. The summed E-state index contributed by atoms with van der Waals surface area (Å²) in [6.07, 6.45) is 9.57. The number of aryl methyl sites for hydroxylation is 1. The lowest BCUT2D eigenvalue weighted by Crippen LogP contribution is -1.82. The van der Waals surface area contributed by atoms with Crippen LogP contribution in [0.2, 0.25) is 0 Å². The second-order valence-corrected chi connectivity index (χ2v) is 4.03. The lowest BCUT2D eigenvalue weighted by Gasteiger charge is -1.99. The molecule has 0 aliphatic heterocycles. The molecule has 0 nitrogen and oxygen atoms in total. The fraction of sp³-hybridized carbons (Fsp3) is 0.308. The SMILES string of the molecule is [CH2]CC=CCCc1ccc(SC)cc1. The minimum atomic E-state index is 0.894. The largest absolute Gasteiger partial charge is 0.130 e. The third kappa shape index (κ3) is 4.01. The molecule has 0 unspecified atom stereocenters. The van der Waals surface area contributed by atoms with Crippen LogP contribution < -0.4 is 0 Å². The predicted molar refractivity (Wildman–Crippen MR) is 65.7 cm³/mol. The lowest BCUT2D eigenvalue weighted by molar-refractivity contribution is 0.993. The molecule has 0 N–H and O–H groups in total. The number of allylic oxidation sites excluding steroid dienone is 2. The van der Waals surface area contributed by atoms with Gasteiger partial charge in [-0.25, -0.2) is 0 Å². The van der Waals surface area contributed by atoms with Gasteiger partial charge in [0.15, 0.2) is 0 Å². The molecule has 0 bridgehead atoms. The molecule has 1 rings (SSSR count). The van der Waals surface area contributed by atoms with Crippen LogP contribution >= 0.6 is 11.8 Å². The Labute approximate surface area is 91.4 Å². The molecule has 1 heteroatoms. The van der Waals surface area contributed by atoms with Gasteiger partial charge in [-0.2, -0.15) is 0 Å². The summed E-state index contributed by atoms with van der Waals surface area (Å²) >= 11 is 1.79. The van der Waals surface area contributed by atoms with Crippen molar-refractivity contribution >= 4 is 11.8 Å². The van der Waals surface area contributed by atoms with Crippen LogP contribution in [0.5, 0.6) is 0 Å². The molecule has 1 aromatic rings. The molecule has 0 heterocycles. The first-order valence-electron chi connectivity index (χ1n) is 4.94. The highest BCUT2D eigenvalue weighted by Gasteiger charge is 1.92. The van der Waals surface area contributed by atoms with E-state index in [1.54, 1.807) is 11.8 Å². The summed E-state index contributed by atoms with van der Waals surface area (Å²) in [7, 11) is 0. The Morgan fingerprint density at radius 2 is 1.93 bits per heavy atom. The Hall–Kier alpha value is -0.690. The van der Waals surface area contributed by atoms with Crippen molar-refractivity contribution in [2.75, 3.05) is 6.26 Å². The van der Waals surface area contributed by atoms with Gasteiger partial charge in [-0.3, -0.25) is 0 Å². The third-order valence-corrected chi connectivity index (χ3v) is 2.84. The van der Waals surface area contributed by atoms with Crippen molar-refractivity contribution in [2.24, 2.45) is 0 Å². The first-order chi connectivity index (χ1) is 6.86. The van der Waals surface area contributed by atoms with E-state index < -0.39 is 0 Å². The smallest absolute Gasteiger partial charge is 0.00693 e. The highest BCUT2D eigenvalue weighted by molar-refractivity contribution is 7.98. The Balaban J connectivity index is 2.40. The zero-order valence-corrected chi connectivity index (χ0v) is 9.52. The van der Waals surface area contributed by atoms with Crippen molar-refractivity contribution in [1.29, 1.82) is 0 Å². The Morgan fingerprint density at radius 3 is 2.50 bits per heavy atom. The Bertz CT molecular complexity index is 272. The minimum Gasteiger partial charge on any atom is -0.130 e. The van der Waals surface area contributed by atoms with Crippen LogP contribution in [0.3, 0.4) is 0 Å². The van der Waals surface area contributed by atoms with Crippen LogP contribution in [0.15, 0.2) is 41.3 Å². The van der Waals surface area contributed by atoms with E-state index in [2.05, 4.69) is 49.6 Å². The summed E-state index contributed by atoms with van der Waals surface area (Å²) in [6, 6.07) is 8.80. The maximum absolute atomic E-state index is 3.76. The number of benzene rings is 1. The average Bonchev–Trinajstić information content (AvgIpc) is 2.25. The van der Waals surface area contributed by atoms with E-state index in [0.29, 0.717) is 0 Å². The average molecular weight is 205 g/mol. The minimum absolute atomic E-state index is 0.894. The number of rotatable bonds is 5. The summed E-state index contributed by atoms with van der Waals surface area (Å²) in [4.78, 5) is 1.34. The van der Waals surface area contributed by atoms with E-state index in [4.69, 9.17) is 0 Å². The van der Waals surface area contributed by atoms with Crippen molar-refractivity contribution in [2.45, 2.75) is 24.2 Å². The molecule has 0 fully saturated rings. The highest BCUT2D eigenvalue weighted by atomic mass is 32.2. The van der Waals surface area contributed by atoms with E-state index in [1.165, 1.54) is 10.5 Å². The van der Waals surface area contributed by atoms with Crippen LogP contribution in [0.25, 0.3) is 0 Å². The summed E-state index contributed by atoms with van der Waals surface area (Å²) < 4.78 is 0. The lowest BCUT2D eigenvalue weighted by atomic mass is 10.1.